The molecule has 1 aliphatic heterocycles. The molecule has 2 aromatic carbocycles. The summed E-state index contributed by atoms with van der Waals surface area (Å²) in [6, 6.07) is 13.2. The van der Waals surface area contributed by atoms with E-state index in [4.69, 9.17) is 16.3 Å². The van der Waals surface area contributed by atoms with Gasteiger partial charge in [-0.2, -0.15) is 0 Å². The largest absolute Gasteiger partial charge is 0.493 e. The number of nitrogens with one attached hydrogen (secondary N) is 1. The Labute approximate surface area is 168 Å². The normalized spacial score (nSPS) is 17.0. The van der Waals surface area contributed by atoms with Crippen LogP contribution in [0, 0.1) is 12.8 Å². The molecule has 1 fully saturated rings. The van der Waals surface area contributed by atoms with Crippen LogP contribution in [-0.2, 0) is 4.79 Å². The Morgan fingerprint density at radius 2 is 1.96 bits per heavy atom. The van der Waals surface area contributed by atoms with Gasteiger partial charge in [-0.15, -0.1) is 0 Å². The third-order valence-electron chi connectivity index (χ3n) is 3.81. The van der Waals surface area contributed by atoms with Gasteiger partial charge in [0, 0.05) is 5.02 Å². The number of halogens is 1. The zero-order chi connectivity index (χ0) is 19.4. The van der Waals surface area contributed by atoms with E-state index < -0.39 is 0 Å². The van der Waals surface area contributed by atoms with E-state index in [0.29, 0.717) is 27.6 Å². The molecule has 0 aromatic heterocycles. The summed E-state index contributed by atoms with van der Waals surface area (Å²) < 4.78 is 5.68. The van der Waals surface area contributed by atoms with E-state index in [1.54, 1.807) is 6.07 Å². The van der Waals surface area contributed by atoms with Crippen LogP contribution in [-0.4, -0.2) is 17.7 Å². The summed E-state index contributed by atoms with van der Waals surface area (Å²) in [6.45, 7) is 6.86. The van der Waals surface area contributed by atoms with Gasteiger partial charge in [0.25, 0.3) is 5.91 Å². The van der Waals surface area contributed by atoms with Gasteiger partial charge in [0.15, 0.2) is 5.17 Å². The highest BCUT2D eigenvalue weighted by Crippen LogP contribution is 2.30. The molecule has 27 heavy (non-hydrogen) atoms. The van der Waals surface area contributed by atoms with Crippen LogP contribution in [0.2, 0.25) is 5.02 Å². The third kappa shape index (κ3) is 5.37. The van der Waals surface area contributed by atoms with E-state index >= 15 is 0 Å². The predicted molar refractivity (Wildman–Crippen MR) is 114 cm³/mol. The van der Waals surface area contributed by atoms with Crippen molar-refractivity contribution in [2.75, 3.05) is 6.61 Å². The Kier molecular flexibility index (Phi) is 6.24. The number of aryl methyl sites for hydroxylation is 1. The Hall–Kier alpha value is -2.24. The SMILES string of the molecule is Cc1ccc(Cl)cc1N=C1NC(=O)/C(=C/c2ccc(OCC(C)C)cc2)S1. The number of benzene rings is 2. The van der Waals surface area contributed by atoms with Gasteiger partial charge in [0.05, 0.1) is 17.2 Å². The topological polar surface area (TPSA) is 50.7 Å². The van der Waals surface area contributed by atoms with Crippen LogP contribution in [0.5, 0.6) is 5.75 Å². The van der Waals surface area contributed by atoms with Crippen molar-refractivity contribution < 1.29 is 9.53 Å². The molecule has 0 spiro atoms. The second-order valence-electron chi connectivity index (χ2n) is 6.69. The number of carbonyl (C=O) groups is 1. The molecule has 1 amide bonds. The molecule has 3 rings (SSSR count). The smallest absolute Gasteiger partial charge is 0.264 e. The fourth-order valence-electron chi connectivity index (χ4n) is 2.37. The highest BCUT2D eigenvalue weighted by molar-refractivity contribution is 8.18. The number of thioether (sulfide) groups is 1. The van der Waals surface area contributed by atoms with Crippen LogP contribution >= 0.6 is 23.4 Å². The maximum Gasteiger partial charge on any atom is 0.264 e. The van der Waals surface area contributed by atoms with Gasteiger partial charge in [-0.05, 0) is 66.1 Å². The lowest BCUT2D eigenvalue weighted by atomic mass is 10.2. The van der Waals surface area contributed by atoms with Crippen molar-refractivity contribution in [1.82, 2.24) is 5.32 Å². The van der Waals surface area contributed by atoms with Crippen molar-refractivity contribution in [3.63, 3.8) is 0 Å². The van der Waals surface area contributed by atoms with Gasteiger partial charge >= 0.3 is 0 Å². The van der Waals surface area contributed by atoms with Gasteiger partial charge in [-0.3, -0.25) is 4.79 Å². The molecule has 0 atom stereocenters. The van der Waals surface area contributed by atoms with Gasteiger partial charge in [-0.25, -0.2) is 4.99 Å². The van der Waals surface area contributed by atoms with Crippen molar-refractivity contribution in [1.29, 1.82) is 0 Å². The van der Waals surface area contributed by atoms with Gasteiger partial charge in [0.1, 0.15) is 5.75 Å². The molecule has 1 heterocycles. The first kappa shape index (κ1) is 19.5. The Balaban J connectivity index is 1.73. The molecule has 1 N–H and O–H groups in total. The fourth-order valence-corrected chi connectivity index (χ4v) is 3.37. The first-order valence-electron chi connectivity index (χ1n) is 8.69. The molecule has 1 aliphatic rings. The van der Waals surface area contributed by atoms with Crippen molar-refractivity contribution in [2.45, 2.75) is 20.8 Å². The van der Waals surface area contributed by atoms with Crippen molar-refractivity contribution in [2.24, 2.45) is 10.9 Å². The minimum atomic E-state index is -0.154. The van der Waals surface area contributed by atoms with Crippen LogP contribution in [0.4, 0.5) is 5.69 Å². The zero-order valence-electron chi connectivity index (χ0n) is 15.5. The standard InChI is InChI=1S/C21H21ClN2O2S/c1-13(2)12-26-17-8-5-15(6-9-17)10-19-20(25)24-21(27-19)23-18-11-16(22)7-4-14(18)3/h4-11,13H,12H2,1-3H3,(H,23,24,25)/b19-10-. The molecule has 0 saturated carbocycles. The number of carbonyl (C=O) groups excluding carboxylic acids is 1. The van der Waals surface area contributed by atoms with Crippen LogP contribution in [0.25, 0.3) is 6.08 Å². The highest BCUT2D eigenvalue weighted by atomic mass is 35.5. The van der Waals surface area contributed by atoms with Crippen molar-refractivity contribution >= 4 is 46.2 Å². The van der Waals surface area contributed by atoms with Crippen molar-refractivity contribution in [3.05, 3.63) is 63.5 Å². The first-order chi connectivity index (χ1) is 12.9. The van der Waals surface area contributed by atoms with Gasteiger partial charge in [0.2, 0.25) is 0 Å². The summed E-state index contributed by atoms with van der Waals surface area (Å²) in [4.78, 5) is 17.4. The van der Waals surface area contributed by atoms with Crippen LogP contribution in [0.15, 0.2) is 52.4 Å². The number of nitrogens with zero attached hydrogens (tertiary/aromatic N) is 1. The Morgan fingerprint density at radius 1 is 1.22 bits per heavy atom. The zero-order valence-corrected chi connectivity index (χ0v) is 17.0. The van der Waals surface area contributed by atoms with Crippen LogP contribution < -0.4 is 10.1 Å². The molecule has 0 bridgehead atoms. The van der Waals surface area contributed by atoms with E-state index in [1.807, 2.05) is 49.4 Å². The molecular formula is C21H21ClN2O2S. The van der Waals surface area contributed by atoms with Gasteiger partial charge in [-0.1, -0.05) is 43.6 Å². The number of rotatable bonds is 5. The first-order valence-corrected chi connectivity index (χ1v) is 9.89. The lowest BCUT2D eigenvalue weighted by Crippen LogP contribution is -2.19. The minimum Gasteiger partial charge on any atom is -0.493 e. The summed E-state index contributed by atoms with van der Waals surface area (Å²) in [5, 5.41) is 3.97. The summed E-state index contributed by atoms with van der Waals surface area (Å²) in [6.07, 6.45) is 1.85. The second kappa shape index (κ2) is 8.63. The summed E-state index contributed by atoms with van der Waals surface area (Å²) in [7, 11) is 0. The van der Waals surface area contributed by atoms with E-state index in [-0.39, 0.29) is 5.91 Å². The molecule has 0 unspecified atom stereocenters. The molecule has 1 saturated heterocycles. The molecule has 2 aromatic rings. The number of amides is 1. The van der Waals surface area contributed by atoms with Crippen LogP contribution in [0.3, 0.4) is 0 Å². The van der Waals surface area contributed by atoms with E-state index in [2.05, 4.69) is 24.2 Å². The molecule has 140 valence electrons. The van der Waals surface area contributed by atoms with E-state index in [0.717, 1.165) is 22.6 Å². The average Bonchev–Trinajstić information content (AvgIpc) is 2.96. The third-order valence-corrected chi connectivity index (χ3v) is 4.95. The lowest BCUT2D eigenvalue weighted by molar-refractivity contribution is -0.115. The fraction of sp³-hybridized carbons (Fsp3) is 0.238. The average molecular weight is 401 g/mol. The Bertz CT molecular complexity index is 905. The molecule has 0 aliphatic carbocycles. The lowest BCUT2D eigenvalue weighted by Gasteiger charge is -2.08. The quantitative estimate of drug-likeness (QED) is 0.667. The molecule has 6 heteroatoms. The van der Waals surface area contributed by atoms with E-state index in [1.165, 1.54) is 11.8 Å². The maximum atomic E-state index is 12.2. The number of amidine groups is 1. The van der Waals surface area contributed by atoms with Gasteiger partial charge < -0.3 is 10.1 Å². The number of aliphatic imine (C=N–C) groups is 1. The monoisotopic (exact) mass is 400 g/mol. The molecule has 4 nitrogen and oxygen atoms in total. The Morgan fingerprint density at radius 3 is 2.67 bits per heavy atom. The highest BCUT2D eigenvalue weighted by Gasteiger charge is 2.24. The summed E-state index contributed by atoms with van der Waals surface area (Å²) in [5.74, 6) is 1.15. The number of ether oxygens (including phenoxy) is 1. The number of hydrogen-bond donors (Lipinski definition) is 1. The predicted octanol–water partition coefficient (Wildman–Crippen LogP) is 5.57. The minimum absolute atomic E-state index is 0.154. The van der Waals surface area contributed by atoms with Crippen molar-refractivity contribution in [3.8, 4) is 5.75 Å². The van der Waals surface area contributed by atoms with E-state index in [9.17, 15) is 4.79 Å². The maximum absolute atomic E-state index is 12.2. The molecular weight excluding hydrogens is 380 g/mol. The van der Waals surface area contributed by atoms with Crippen LogP contribution in [0.1, 0.15) is 25.0 Å². The molecule has 0 radical (unpaired) electrons. The summed E-state index contributed by atoms with van der Waals surface area (Å²) in [5.41, 5.74) is 2.68. The second-order valence-corrected chi connectivity index (χ2v) is 8.15. The number of hydrogen-bond acceptors (Lipinski definition) is 4. The summed E-state index contributed by atoms with van der Waals surface area (Å²) >= 11 is 7.35.